The Labute approximate surface area is 180 Å². The fourth-order valence-corrected chi connectivity index (χ4v) is 3.03. The average Bonchev–Trinajstić information content (AvgIpc) is 2.61. The third-order valence-corrected chi connectivity index (χ3v) is 4.71. The molecule has 1 heterocycles. The highest BCUT2D eigenvalue weighted by Gasteiger charge is 2.16. The van der Waals surface area contributed by atoms with E-state index in [1.165, 1.54) is 26.2 Å². The summed E-state index contributed by atoms with van der Waals surface area (Å²) >= 11 is 5.93. The predicted molar refractivity (Wildman–Crippen MR) is 123 cm³/mol. The first kappa shape index (κ1) is 23.5. The standard InChI is InChI=1S/C19H32ClN5.HI/c1-4-21-19(23-14-17-5-7-18(20)8-6-17)22-13-16(2)15-25-11-9-24(3)10-12-25;/h5-8,16H,4,9-15H2,1-3H3,(H2,21,22,23);1H. The zero-order chi connectivity index (χ0) is 18.1. The van der Waals surface area contributed by atoms with Gasteiger partial charge >= 0.3 is 0 Å². The molecule has 0 bridgehead atoms. The van der Waals surface area contributed by atoms with Crippen LogP contribution >= 0.6 is 35.6 Å². The van der Waals surface area contributed by atoms with E-state index in [0.29, 0.717) is 12.5 Å². The molecule has 0 radical (unpaired) electrons. The Morgan fingerprint density at radius 3 is 2.42 bits per heavy atom. The number of rotatable bonds is 7. The summed E-state index contributed by atoms with van der Waals surface area (Å²) in [6, 6.07) is 7.85. The number of piperazine rings is 1. The van der Waals surface area contributed by atoms with Crippen LogP contribution in [0.5, 0.6) is 0 Å². The van der Waals surface area contributed by atoms with E-state index in [-0.39, 0.29) is 24.0 Å². The molecule has 1 aromatic rings. The maximum Gasteiger partial charge on any atom is 0.191 e. The number of likely N-dealkylation sites (N-methyl/N-ethyl adjacent to an activating group) is 1. The first-order chi connectivity index (χ1) is 12.1. The van der Waals surface area contributed by atoms with Gasteiger partial charge in [-0.3, -0.25) is 0 Å². The lowest BCUT2D eigenvalue weighted by atomic mass is 10.1. The molecule has 26 heavy (non-hydrogen) atoms. The number of halogens is 2. The molecule has 1 aromatic carbocycles. The fourth-order valence-electron chi connectivity index (χ4n) is 2.91. The zero-order valence-electron chi connectivity index (χ0n) is 16.2. The molecule has 148 valence electrons. The van der Waals surface area contributed by atoms with Crippen LogP contribution in [0.25, 0.3) is 0 Å². The number of nitrogens with one attached hydrogen (secondary N) is 2. The van der Waals surface area contributed by atoms with E-state index in [4.69, 9.17) is 11.6 Å². The summed E-state index contributed by atoms with van der Waals surface area (Å²) in [6.07, 6.45) is 0. The minimum atomic E-state index is 0. The van der Waals surface area contributed by atoms with E-state index < -0.39 is 0 Å². The summed E-state index contributed by atoms with van der Waals surface area (Å²) in [5.41, 5.74) is 1.16. The summed E-state index contributed by atoms with van der Waals surface area (Å²) < 4.78 is 0. The summed E-state index contributed by atoms with van der Waals surface area (Å²) in [6.45, 7) is 12.7. The van der Waals surface area contributed by atoms with Crippen molar-refractivity contribution in [3.8, 4) is 0 Å². The molecule has 0 saturated carbocycles. The van der Waals surface area contributed by atoms with Crippen LogP contribution < -0.4 is 10.6 Å². The molecule has 2 rings (SSSR count). The molecule has 0 amide bonds. The molecule has 5 nitrogen and oxygen atoms in total. The minimum Gasteiger partial charge on any atom is -0.357 e. The van der Waals surface area contributed by atoms with Gasteiger partial charge in [-0.1, -0.05) is 30.7 Å². The van der Waals surface area contributed by atoms with Gasteiger partial charge in [-0.2, -0.15) is 0 Å². The fraction of sp³-hybridized carbons (Fsp3) is 0.632. The molecule has 1 fully saturated rings. The van der Waals surface area contributed by atoms with Crippen molar-refractivity contribution < 1.29 is 0 Å². The lowest BCUT2D eigenvalue weighted by molar-refractivity contribution is 0.139. The van der Waals surface area contributed by atoms with Gasteiger partial charge in [0.25, 0.3) is 0 Å². The second kappa shape index (κ2) is 12.8. The van der Waals surface area contributed by atoms with E-state index in [2.05, 4.69) is 46.3 Å². The van der Waals surface area contributed by atoms with E-state index in [1.807, 2.05) is 24.3 Å². The molecule has 0 spiro atoms. The first-order valence-electron chi connectivity index (χ1n) is 9.24. The van der Waals surface area contributed by atoms with E-state index >= 15 is 0 Å². The van der Waals surface area contributed by atoms with Crippen molar-refractivity contribution in [1.29, 1.82) is 0 Å². The van der Waals surface area contributed by atoms with Crippen molar-refractivity contribution >= 4 is 41.5 Å². The Kier molecular flexibility index (Phi) is 11.5. The molecule has 2 N–H and O–H groups in total. The second-order valence-corrected chi connectivity index (χ2v) is 7.35. The number of hydrogen-bond acceptors (Lipinski definition) is 3. The molecular formula is C19H33ClIN5. The van der Waals surface area contributed by atoms with Gasteiger partial charge in [0.05, 0.1) is 6.54 Å². The number of nitrogens with zero attached hydrogens (tertiary/aromatic N) is 3. The third-order valence-electron chi connectivity index (χ3n) is 4.46. The van der Waals surface area contributed by atoms with Crippen LogP contribution in [-0.4, -0.2) is 68.6 Å². The van der Waals surface area contributed by atoms with Crippen LogP contribution in [0.3, 0.4) is 0 Å². The summed E-state index contributed by atoms with van der Waals surface area (Å²) in [7, 11) is 2.20. The number of hydrogen-bond donors (Lipinski definition) is 2. The molecule has 0 aliphatic carbocycles. The van der Waals surface area contributed by atoms with Crippen LogP contribution in [0.4, 0.5) is 0 Å². The maximum atomic E-state index is 5.93. The van der Waals surface area contributed by atoms with Crippen LogP contribution in [-0.2, 0) is 6.54 Å². The second-order valence-electron chi connectivity index (χ2n) is 6.91. The lowest BCUT2D eigenvalue weighted by Gasteiger charge is -2.34. The maximum absolute atomic E-state index is 5.93. The van der Waals surface area contributed by atoms with Gasteiger partial charge < -0.3 is 20.4 Å². The van der Waals surface area contributed by atoms with Crippen LogP contribution in [0.2, 0.25) is 5.02 Å². The summed E-state index contributed by atoms with van der Waals surface area (Å²) in [4.78, 5) is 9.63. The van der Waals surface area contributed by atoms with Gasteiger partial charge in [0.15, 0.2) is 5.96 Å². The van der Waals surface area contributed by atoms with Gasteiger partial charge in [0, 0.05) is 50.8 Å². The Hall–Kier alpha value is -0.570. The predicted octanol–water partition coefficient (Wildman–Crippen LogP) is 2.90. The molecule has 1 aliphatic heterocycles. The minimum absolute atomic E-state index is 0. The first-order valence-corrected chi connectivity index (χ1v) is 9.62. The van der Waals surface area contributed by atoms with Crippen molar-refractivity contribution in [1.82, 2.24) is 20.4 Å². The normalized spacial score (nSPS) is 17.5. The van der Waals surface area contributed by atoms with Gasteiger partial charge in [0.1, 0.15) is 0 Å². The van der Waals surface area contributed by atoms with Gasteiger partial charge in [-0.15, -0.1) is 24.0 Å². The largest absolute Gasteiger partial charge is 0.357 e. The number of aliphatic imine (C=N–C) groups is 1. The summed E-state index contributed by atoms with van der Waals surface area (Å²) in [5, 5.41) is 7.56. The molecule has 7 heteroatoms. The number of benzene rings is 1. The molecule has 1 unspecified atom stereocenters. The van der Waals surface area contributed by atoms with Crippen LogP contribution in [0, 0.1) is 5.92 Å². The topological polar surface area (TPSA) is 42.9 Å². The van der Waals surface area contributed by atoms with Crippen molar-refractivity contribution in [2.45, 2.75) is 20.4 Å². The van der Waals surface area contributed by atoms with Crippen LogP contribution in [0.15, 0.2) is 29.3 Å². The van der Waals surface area contributed by atoms with E-state index in [0.717, 1.165) is 36.2 Å². The Balaban J connectivity index is 0.00000338. The molecule has 1 saturated heterocycles. The Bertz CT molecular complexity index is 529. The lowest BCUT2D eigenvalue weighted by Crippen LogP contribution is -2.47. The SMILES string of the molecule is CCNC(=NCc1ccc(Cl)cc1)NCC(C)CN1CCN(C)CC1.I. The molecule has 1 atom stereocenters. The van der Waals surface area contributed by atoms with Crippen LogP contribution in [0.1, 0.15) is 19.4 Å². The van der Waals surface area contributed by atoms with Crippen molar-refractivity contribution in [2.75, 3.05) is 52.9 Å². The van der Waals surface area contributed by atoms with E-state index in [1.54, 1.807) is 0 Å². The van der Waals surface area contributed by atoms with E-state index in [9.17, 15) is 0 Å². The molecular weight excluding hydrogens is 461 g/mol. The smallest absolute Gasteiger partial charge is 0.191 e. The Morgan fingerprint density at radius 2 is 1.81 bits per heavy atom. The highest BCUT2D eigenvalue weighted by atomic mass is 127. The molecule has 0 aromatic heterocycles. The van der Waals surface area contributed by atoms with Crippen molar-refractivity contribution in [3.63, 3.8) is 0 Å². The van der Waals surface area contributed by atoms with Gasteiger partial charge in [0.2, 0.25) is 0 Å². The van der Waals surface area contributed by atoms with Gasteiger partial charge in [-0.05, 0) is 37.6 Å². The number of guanidine groups is 1. The summed E-state index contributed by atoms with van der Waals surface area (Å²) in [5.74, 6) is 1.46. The monoisotopic (exact) mass is 493 g/mol. The van der Waals surface area contributed by atoms with Crippen molar-refractivity contribution in [2.24, 2.45) is 10.9 Å². The zero-order valence-corrected chi connectivity index (χ0v) is 19.3. The molecule has 1 aliphatic rings. The Morgan fingerprint density at radius 1 is 1.15 bits per heavy atom. The highest BCUT2D eigenvalue weighted by molar-refractivity contribution is 14.0. The highest BCUT2D eigenvalue weighted by Crippen LogP contribution is 2.10. The average molecular weight is 494 g/mol. The van der Waals surface area contributed by atoms with Crippen molar-refractivity contribution in [3.05, 3.63) is 34.9 Å². The van der Waals surface area contributed by atoms with Gasteiger partial charge in [-0.25, -0.2) is 4.99 Å². The third kappa shape index (κ3) is 8.88. The quantitative estimate of drug-likeness (QED) is 0.348.